The fraction of sp³-hybridized carbons (Fsp3) is 0.414. The van der Waals surface area contributed by atoms with Gasteiger partial charge in [0.15, 0.2) is 39.6 Å². The van der Waals surface area contributed by atoms with E-state index in [0.29, 0.717) is 18.8 Å². The van der Waals surface area contributed by atoms with Crippen molar-refractivity contribution in [1.29, 1.82) is 0 Å². The summed E-state index contributed by atoms with van der Waals surface area (Å²) in [6, 6.07) is 46.1. The number of aliphatic carboxylic acids is 1. The maximum Gasteiger partial charge on any atom is 0.425 e. The lowest BCUT2D eigenvalue weighted by Gasteiger charge is -2.23. The average molecular weight is 2080 g/mol. The van der Waals surface area contributed by atoms with Crippen molar-refractivity contribution in [2.24, 2.45) is 0 Å². The maximum absolute atomic E-state index is 11.6. The second-order valence-corrected chi connectivity index (χ2v) is 45.9. The van der Waals surface area contributed by atoms with Crippen LogP contribution < -0.4 is 15.2 Å². The van der Waals surface area contributed by atoms with E-state index in [1.54, 1.807) is 42.5 Å². The van der Waals surface area contributed by atoms with Crippen LogP contribution in [0.15, 0.2) is 232 Å². The number of hydrogen-bond acceptors (Lipinski definition) is 21. The van der Waals surface area contributed by atoms with Gasteiger partial charge in [-0.15, -0.1) is 25.3 Å². The minimum atomic E-state index is -4.24. The molecule has 1 unspecified atom stereocenters. The number of carboxylic acids is 1. The number of para-hydroxylation sites is 3. The van der Waals surface area contributed by atoms with Gasteiger partial charge in [-0.2, -0.15) is 51.2 Å². The van der Waals surface area contributed by atoms with Gasteiger partial charge < -0.3 is 19.9 Å². The van der Waals surface area contributed by atoms with Crippen LogP contribution in [0.5, 0.6) is 0 Å². The highest BCUT2D eigenvalue weighted by Crippen LogP contribution is 2.49. The van der Waals surface area contributed by atoms with E-state index < -0.39 is 94.3 Å². The van der Waals surface area contributed by atoms with Crippen molar-refractivity contribution in [3.05, 3.63) is 246 Å². The summed E-state index contributed by atoms with van der Waals surface area (Å²) in [4.78, 5) is 15.0. The van der Waals surface area contributed by atoms with Crippen molar-refractivity contribution >= 4 is 157 Å². The molecule has 7 heterocycles. The van der Waals surface area contributed by atoms with Gasteiger partial charge >= 0.3 is 27.2 Å². The fourth-order valence-electron chi connectivity index (χ4n) is 16.5. The molecule has 40 heteroatoms. The summed E-state index contributed by atoms with van der Waals surface area (Å²) in [5, 5.41) is 11.5. The number of carboxylic acid groups (broad SMARTS) is 1. The normalized spacial score (nSPS) is 17.4. The lowest BCUT2D eigenvalue weighted by molar-refractivity contribution is -0.403. The number of unbranched alkanes of at least 4 members (excludes halogenated alkanes) is 5. The molecule has 0 aromatic heterocycles. The van der Waals surface area contributed by atoms with Gasteiger partial charge in [-0.1, -0.05) is 139 Å². The summed E-state index contributed by atoms with van der Waals surface area (Å²) in [6.45, 7) is 35.9. The molecule has 8 N–H and O–H groups in total. The predicted molar refractivity (Wildman–Crippen MR) is 545 cm³/mol. The number of benzene rings is 7. The zero-order valence-electron chi connectivity index (χ0n) is 82.8. The lowest BCUT2D eigenvalue weighted by atomic mass is 9.81. The fourth-order valence-corrected chi connectivity index (χ4v) is 20.0. The van der Waals surface area contributed by atoms with Crippen LogP contribution in [0.4, 0.5) is 39.8 Å². The molecular weight excluding hydrogens is 1940 g/mol. The molecule has 0 saturated carbocycles. The van der Waals surface area contributed by atoms with E-state index in [0.717, 1.165) is 125 Å². The number of nitrogens with one attached hydrogen (secondary N) is 2. The van der Waals surface area contributed by atoms with E-state index in [9.17, 15) is 55.6 Å². The average Bonchev–Trinajstić information content (AvgIpc) is 1.60. The van der Waals surface area contributed by atoms with Gasteiger partial charge in [0, 0.05) is 139 Å². The second kappa shape index (κ2) is 50.3. The SMILES string of the molecule is CC1=[N+](C)c2ccc(S(=O)(=O)O)cc2C1(C)C.CC1=[N+](C)c2ccc(S(=O)(=O)O)cc2C1(C)C.CC1=[NH+]c2ccc(S(=O)(=O)O)cc2C1(C)C.CCCCCCC(=O)O.CCCCCS(=O)O.CN1\C(=C/C=C/C=C/C2=[N+](C)c3ccccc3C2(C)C)C(C)(C)c2cc(S(=O)(=O)O)ccc21.C[N+]1=C(/C=C/C=C/Nc2ccccc2)C(C)(C)c2ccccc21.O=S(=O)=O.O=S(=O)=O.O=S1(=O)CCCCO1. The van der Waals surface area contributed by atoms with Crippen molar-refractivity contribution in [2.45, 2.75) is 234 Å². The Kier molecular flexibility index (Phi) is 43.1. The van der Waals surface area contributed by atoms with Crippen molar-refractivity contribution in [1.82, 2.24) is 0 Å². The van der Waals surface area contributed by atoms with Crippen LogP contribution in [-0.4, -0.2) is 206 Å². The topological polar surface area (TPSA) is 479 Å². The molecule has 7 aliphatic rings. The molecule has 0 spiro atoms. The van der Waals surface area contributed by atoms with Crippen LogP contribution in [0, 0.1) is 0 Å². The highest BCUT2D eigenvalue weighted by atomic mass is 32.2. The molecule has 1 saturated heterocycles. The lowest BCUT2D eigenvalue weighted by Crippen LogP contribution is -2.64. The van der Waals surface area contributed by atoms with Crippen LogP contribution in [-0.2, 0) is 124 Å². The Hall–Kier alpha value is -10.4. The van der Waals surface area contributed by atoms with Gasteiger partial charge in [-0.25, -0.2) is 18.4 Å². The van der Waals surface area contributed by atoms with Gasteiger partial charge in [0.2, 0.25) is 28.4 Å². The van der Waals surface area contributed by atoms with Gasteiger partial charge in [0.1, 0.15) is 28.2 Å². The summed E-state index contributed by atoms with van der Waals surface area (Å²) in [7, 11) is -15.8. The molecule has 0 radical (unpaired) electrons. The minimum Gasteiger partial charge on any atom is -0.481 e. The summed E-state index contributed by atoms with van der Waals surface area (Å²) >= 11 is -1.57. The van der Waals surface area contributed by atoms with Crippen molar-refractivity contribution in [3.8, 4) is 0 Å². The Labute approximate surface area is 825 Å². The first-order valence-electron chi connectivity index (χ1n) is 44.5. The van der Waals surface area contributed by atoms with Crippen molar-refractivity contribution < 1.29 is 132 Å². The summed E-state index contributed by atoms with van der Waals surface area (Å²) < 4.78 is 229. The Bertz CT molecular complexity index is 6730. The van der Waals surface area contributed by atoms with Crippen LogP contribution in [0.1, 0.15) is 215 Å². The van der Waals surface area contributed by atoms with Crippen LogP contribution in [0.2, 0.25) is 0 Å². The van der Waals surface area contributed by atoms with Crippen molar-refractivity contribution in [3.63, 3.8) is 0 Å². The van der Waals surface area contributed by atoms with Crippen molar-refractivity contribution in [2.75, 3.05) is 63.6 Å². The molecule has 32 nitrogen and oxygen atoms in total. The number of anilines is 2. The van der Waals surface area contributed by atoms with Gasteiger partial charge in [0.25, 0.3) is 50.6 Å². The largest absolute Gasteiger partial charge is 0.481 e. The van der Waals surface area contributed by atoms with Gasteiger partial charge in [-0.05, 0) is 179 Å². The number of hydrogen-bond donors (Lipinski definition) is 8. The molecule has 7 aromatic rings. The third-order valence-corrected chi connectivity index (χ3v) is 30.6. The van der Waals surface area contributed by atoms with E-state index in [-0.39, 0.29) is 52.4 Å². The van der Waals surface area contributed by atoms with Gasteiger partial charge in [0.05, 0.1) is 59.0 Å². The summed E-state index contributed by atoms with van der Waals surface area (Å²) in [6.07, 6.45) is 27.8. The molecule has 139 heavy (non-hydrogen) atoms. The van der Waals surface area contributed by atoms with E-state index in [1.165, 1.54) is 70.7 Å². The van der Waals surface area contributed by atoms with E-state index in [2.05, 4.69) is 177 Å². The quantitative estimate of drug-likeness (QED) is 0.00877. The Morgan fingerprint density at radius 2 is 0.863 bits per heavy atom. The van der Waals surface area contributed by atoms with E-state index in [1.807, 2.05) is 147 Å². The predicted octanol–water partition coefficient (Wildman–Crippen LogP) is 16.1. The molecule has 14 rings (SSSR count). The zero-order chi connectivity index (χ0) is 105. The number of carbonyl (C=O) groups is 1. The number of rotatable bonds is 20. The first kappa shape index (κ1) is 119. The number of likely N-dealkylation sites (N-methyl/N-ethyl adjacent to an activating group) is 1. The molecule has 1 fully saturated rings. The van der Waals surface area contributed by atoms with E-state index in [4.69, 9.17) is 48.6 Å². The smallest absolute Gasteiger partial charge is 0.425 e. The third-order valence-electron chi connectivity index (χ3n) is 25.3. The number of fused-ring (bicyclic) bond motifs is 6. The number of allylic oxidation sites excluding steroid dienone is 9. The molecule has 0 bridgehead atoms. The standard InChI is InChI=1S/C27H30N2O3S.C21H22N2.2C12H15NO3S.C11H13NO3S.C7H14O2.C5H12O2S.C4H8O3S.2O3S/c1-26(2)20-12-10-11-13-22(20)28(5)24(26)14-8-7-9-15-25-27(3,4)21-18-19(33(30,31)32)16-17-23(21)29(25)6;1-21(2)18-13-7-8-14-19(18)23(3)20(21)15-9-10-16-22-17-11-5-4-6-12-17;2*1-8-12(2,3)10-7-9(17(14,15)16)5-6-11(10)13(8)4;1-7-11(2,3)9-6-8(16(13,14)15)4-5-10(9)12-7;1-2-3-4-5-6-7(8)9;1-2-3-4-5-8(6)7;5-8(6)4-2-1-3-7-8;2*1-4(2)3/h7-18H,1-6H3;4-16H,1-3H3;2*5-7H,1-4H3;4-6H,1-3H3,(H,13,14,15);2-6H2,1H3,(H,8,9);2-5H2,1H3,(H,6,7);1-4H2;;/p+5. The van der Waals surface area contributed by atoms with Crippen LogP contribution >= 0.6 is 0 Å². The Morgan fingerprint density at radius 3 is 1.26 bits per heavy atom. The molecule has 7 aromatic carbocycles. The maximum atomic E-state index is 11.6. The molecule has 1 atom stereocenters. The van der Waals surface area contributed by atoms with E-state index >= 15 is 0 Å². The van der Waals surface area contributed by atoms with Crippen LogP contribution in [0.25, 0.3) is 0 Å². The monoisotopic (exact) mass is 2080 g/mol. The first-order chi connectivity index (χ1) is 64.2. The van der Waals surface area contributed by atoms with Crippen LogP contribution in [0.3, 0.4) is 0 Å². The molecule has 758 valence electrons. The minimum absolute atomic E-state index is 0.0303. The first-order valence-corrected chi connectivity index (χ1v) is 55.1. The Balaban J connectivity index is 0.000000288. The molecule has 0 amide bonds. The highest BCUT2D eigenvalue weighted by molar-refractivity contribution is 7.87. The van der Waals surface area contributed by atoms with Gasteiger partial charge in [-0.3, -0.25) is 27.2 Å². The summed E-state index contributed by atoms with van der Waals surface area (Å²) in [5.41, 5.74) is 19.6. The zero-order valence-corrected chi connectivity index (χ0v) is 89.3. The number of nitrogens with zero attached hydrogens (tertiary/aromatic N) is 5. The third kappa shape index (κ3) is 32.6. The highest BCUT2D eigenvalue weighted by Gasteiger charge is 2.47. The molecule has 0 aliphatic carbocycles. The Morgan fingerprint density at radius 1 is 0.468 bits per heavy atom. The second-order valence-electron chi connectivity index (χ2n) is 36.6. The summed E-state index contributed by atoms with van der Waals surface area (Å²) in [5.74, 6) is -0.0352. The molecule has 7 aliphatic heterocycles. The molecular formula is C99H134N7O25S8+5.